The molecular formula is C25H29N7OS. The van der Waals surface area contributed by atoms with Crippen LogP contribution in [0.1, 0.15) is 32.2 Å². The maximum absolute atomic E-state index is 12.6. The Labute approximate surface area is 202 Å². The van der Waals surface area contributed by atoms with Crippen molar-refractivity contribution in [2.75, 3.05) is 10.6 Å². The van der Waals surface area contributed by atoms with E-state index in [9.17, 15) is 4.21 Å². The first-order valence-corrected chi connectivity index (χ1v) is 12.1. The van der Waals surface area contributed by atoms with Crippen LogP contribution in [0.4, 0.5) is 23.1 Å². The zero-order valence-electron chi connectivity index (χ0n) is 20.0. The summed E-state index contributed by atoms with van der Waals surface area (Å²) < 4.78 is 17.8. The monoisotopic (exact) mass is 475 g/mol. The van der Waals surface area contributed by atoms with E-state index in [0.717, 1.165) is 28.5 Å². The first-order chi connectivity index (χ1) is 16.2. The van der Waals surface area contributed by atoms with Crippen LogP contribution in [0.2, 0.25) is 0 Å². The Kier molecular flexibility index (Phi) is 6.76. The number of imidazole rings is 1. The molecule has 2 aromatic carbocycles. The molecule has 1 atom stereocenters. The smallest absolute Gasteiger partial charge is 0.229 e. The van der Waals surface area contributed by atoms with Crippen LogP contribution >= 0.6 is 0 Å². The molecule has 3 N–H and O–H groups in total. The van der Waals surface area contributed by atoms with Crippen LogP contribution in [0.5, 0.6) is 0 Å². The highest BCUT2D eigenvalue weighted by atomic mass is 32.2. The van der Waals surface area contributed by atoms with Crippen molar-refractivity contribution in [2.24, 2.45) is 0 Å². The van der Waals surface area contributed by atoms with Crippen molar-refractivity contribution in [3.8, 4) is 5.69 Å². The van der Waals surface area contributed by atoms with Gasteiger partial charge in [-0.05, 0) is 77.1 Å². The van der Waals surface area contributed by atoms with E-state index in [4.69, 9.17) is 0 Å². The van der Waals surface area contributed by atoms with Crippen molar-refractivity contribution in [2.45, 2.75) is 45.1 Å². The lowest BCUT2D eigenvalue weighted by molar-refractivity contribution is 0.519. The van der Waals surface area contributed by atoms with E-state index in [1.165, 1.54) is 0 Å². The number of benzene rings is 2. The number of rotatable bonds is 7. The summed E-state index contributed by atoms with van der Waals surface area (Å²) in [6.07, 6.45) is 5.48. The molecule has 0 aliphatic carbocycles. The van der Waals surface area contributed by atoms with Gasteiger partial charge in [0.1, 0.15) is 22.6 Å². The second kappa shape index (κ2) is 9.74. The zero-order chi connectivity index (χ0) is 24.3. The molecule has 4 aromatic rings. The Morgan fingerprint density at radius 1 is 0.941 bits per heavy atom. The number of nitrogens with one attached hydrogen (secondary N) is 3. The molecule has 0 spiro atoms. The summed E-state index contributed by atoms with van der Waals surface area (Å²) in [4.78, 5) is 14.0. The normalized spacial score (nSPS) is 12.4. The van der Waals surface area contributed by atoms with Gasteiger partial charge in [0, 0.05) is 46.8 Å². The van der Waals surface area contributed by atoms with Gasteiger partial charge in [0.2, 0.25) is 5.95 Å². The van der Waals surface area contributed by atoms with Gasteiger partial charge < -0.3 is 15.2 Å². The molecule has 176 valence electrons. The molecule has 2 heterocycles. The van der Waals surface area contributed by atoms with E-state index in [1.54, 1.807) is 12.4 Å². The summed E-state index contributed by atoms with van der Waals surface area (Å²) in [6, 6.07) is 15.5. The van der Waals surface area contributed by atoms with Crippen LogP contribution in [0.15, 0.2) is 72.0 Å². The molecule has 0 saturated carbocycles. The van der Waals surface area contributed by atoms with Crippen molar-refractivity contribution >= 4 is 34.1 Å². The van der Waals surface area contributed by atoms with E-state index in [0.29, 0.717) is 16.7 Å². The predicted molar refractivity (Wildman–Crippen MR) is 137 cm³/mol. The highest BCUT2D eigenvalue weighted by molar-refractivity contribution is 7.83. The molecule has 2 aromatic heterocycles. The number of hydrogen-bond donors (Lipinski definition) is 3. The van der Waals surface area contributed by atoms with Gasteiger partial charge in [-0.25, -0.2) is 18.9 Å². The van der Waals surface area contributed by atoms with E-state index >= 15 is 0 Å². The summed E-state index contributed by atoms with van der Waals surface area (Å²) in [6.45, 7) is 9.86. The largest absolute Gasteiger partial charge is 0.340 e. The molecule has 0 bridgehead atoms. The van der Waals surface area contributed by atoms with Gasteiger partial charge >= 0.3 is 0 Å². The lowest BCUT2D eigenvalue weighted by Crippen LogP contribution is -2.37. The number of nitrogens with zero attached hydrogens (tertiary/aromatic N) is 4. The summed E-state index contributed by atoms with van der Waals surface area (Å²) in [5.74, 6) is 2.09. The molecule has 0 saturated heterocycles. The minimum absolute atomic E-state index is 0.256. The topological polar surface area (TPSA) is 96.8 Å². The highest BCUT2D eigenvalue weighted by Crippen LogP contribution is 2.23. The maximum Gasteiger partial charge on any atom is 0.229 e. The van der Waals surface area contributed by atoms with Crippen LogP contribution in [-0.2, 0) is 11.0 Å². The molecule has 1 unspecified atom stereocenters. The highest BCUT2D eigenvalue weighted by Gasteiger charge is 2.15. The van der Waals surface area contributed by atoms with Gasteiger partial charge in [0.25, 0.3) is 0 Å². The van der Waals surface area contributed by atoms with Gasteiger partial charge in [0.05, 0.1) is 4.90 Å². The van der Waals surface area contributed by atoms with Crippen molar-refractivity contribution in [3.05, 3.63) is 78.5 Å². The summed E-state index contributed by atoms with van der Waals surface area (Å²) in [5, 5.41) is 6.58. The second-order valence-electron chi connectivity index (χ2n) is 9.02. The van der Waals surface area contributed by atoms with Crippen molar-refractivity contribution < 1.29 is 4.21 Å². The van der Waals surface area contributed by atoms with Gasteiger partial charge in [-0.3, -0.25) is 0 Å². The van der Waals surface area contributed by atoms with Crippen molar-refractivity contribution in [1.29, 1.82) is 0 Å². The molecular weight excluding hydrogens is 446 g/mol. The molecule has 0 aliphatic heterocycles. The Morgan fingerprint density at radius 3 is 2.38 bits per heavy atom. The Hall–Kier alpha value is -3.56. The van der Waals surface area contributed by atoms with Gasteiger partial charge in [0.15, 0.2) is 0 Å². The van der Waals surface area contributed by atoms with E-state index in [1.807, 2.05) is 93.9 Å². The van der Waals surface area contributed by atoms with E-state index in [2.05, 4.69) is 30.3 Å². The lowest BCUT2D eigenvalue weighted by Gasteiger charge is -2.19. The first-order valence-electron chi connectivity index (χ1n) is 11.0. The predicted octanol–water partition coefficient (Wildman–Crippen LogP) is 5.18. The molecule has 8 nitrogen and oxygen atoms in total. The fourth-order valence-corrected chi connectivity index (χ4v) is 4.39. The molecule has 0 fully saturated rings. The summed E-state index contributed by atoms with van der Waals surface area (Å²) >= 11 is 0. The number of aromatic nitrogens is 4. The van der Waals surface area contributed by atoms with Crippen LogP contribution in [-0.4, -0.2) is 29.3 Å². The Bertz CT molecular complexity index is 1310. The van der Waals surface area contributed by atoms with Gasteiger partial charge in [-0.2, -0.15) is 4.98 Å². The lowest BCUT2D eigenvalue weighted by atomic mass is 10.1. The van der Waals surface area contributed by atoms with Gasteiger partial charge in [-0.15, -0.1) is 0 Å². The van der Waals surface area contributed by atoms with Gasteiger partial charge in [-0.1, -0.05) is 6.07 Å². The van der Waals surface area contributed by atoms with Crippen LogP contribution in [0, 0.1) is 13.8 Å². The molecule has 4 rings (SSSR count). The average Bonchev–Trinajstić information content (AvgIpc) is 3.21. The minimum atomic E-state index is -1.31. The SMILES string of the molecule is Cc1cnc(Nc2ccc(-n3ccnc3C)cc2)nc1Nc1cccc(S(=O)NC(C)(C)C)c1. The first kappa shape index (κ1) is 23.6. The maximum atomic E-state index is 12.6. The molecule has 0 amide bonds. The Balaban J connectivity index is 1.49. The standard InChI is InChI=1S/C25H29N7OS/c1-17-16-27-24(29-19-9-11-21(12-10-19)32-14-13-26-18(32)2)30-23(17)28-20-7-6-8-22(15-20)34(33)31-25(3,4)5/h6-16,31H,1-5H3,(H2,27,28,29,30). The fraction of sp³-hybridized carbons (Fsp3) is 0.240. The second-order valence-corrected chi connectivity index (χ2v) is 10.2. The van der Waals surface area contributed by atoms with E-state index < -0.39 is 11.0 Å². The third-order valence-electron chi connectivity index (χ3n) is 4.91. The quantitative estimate of drug-likeness (QED) is 0.341. The number of anilines is 4. The Morgan fingerprint density at radius 2 is 1.71 bits per heavy atom. The average molecular weight is 476 g/mol. The third kappa shape index (κ3) is 5.86. The van der Waals surface area contributed by atoms with Crippen molar-refractivity contribution in [3.63, 3.8) is 0 Å². The van der Waals surface area contributed by atoms with Crippen LogP contribution < -0.4 is 15.4 Å². The zero-order valence-corrected chi connectivity index (χ0v) is 20.8. The van der Waals surface area contributed by atoms with Crippen LogP contribution in [0.3, 0.4) is 0 Å². The molecule has 0 aliphatic rings. The van der Waals surface area contributed by atoms with Crippen LogP contribution in [0.25, 0.3) is 5.69 Å². The number of aryl methyl sites for hydroxylation is 2. The van der Waals surface area contributed by atoms with E-state index in [-0.39, 0.29) is 5.54 Å². The third-order valence-corrected chi connectivity index (χ3v) is 6.39. The molecule has 9 heteroatoms. The molecule has 0 radical (unpaired) electrons. The fourth-order valence-electron chi connectivity index (χ4n) is 3.28. The summed E-state index contributed by atoms with van der Waals surface area (Å²) in [5.41, 5.74) is 3.35. The summed E-state index contributed by atoms with van der Waals surface area (Å²) in [7, 11) is -1.31. The number of hydrogen-bond acceptors (Lipinski definition) is 6. The minimum Gasteiger partial charge on any atom is -0.340 e. The molecule has 34 heavy (non-hydrogen) atoms. The van der Waals surface area contributed by atoms with Crippen molar-refractivity contribution in [1.82, 2.24) is 24.2 Å².